The molecule has 22 aromatic carbocycles. The number of nitrogens with zero attached hydrogens (tertiary/aromatic N) is 6. The van der Waals surface area contributed by atoms with Gasteiger partial charge in [0, 0.05) is 106 Å². The highest BCUT2D eigenvalue weighted by Crippen LogP contribution is 2.49. The van der Waals surface area contributed by atoms with Gasteiger partial charge in [-0.15, -0.1) is 0 Å². The molecule has 28 aromatic rings. The second-order valence-corrected chi connectivity index (χ2v) is 34.6. The van der Waals surface area contributed by atoms with E-state index in [2.05, 4.69) is 525 Å². The van der Waals surface area contributed by atoms with Crippen molar-refractivity contribution in [1.82, 2.24) is 27.4 Å². The number of aromatic nitrogens is 6. The van der Waals surface area contributed by atoms with Gasteiger partial charge < -0.3 is 27.4 Å². The minimum Gasteiger partial charge on any atom is -0.317 e. The van der Waals surface area contributed by atoms with Crippen LogP contribution in [0.4, 0.5) is 0 Å². The summed E-state index contributed by atoms with van der Waals surface area (Å²) in [4.78, 5) is 0. The maximum absolute atomic E-state index is 2.50. The Morgan fingerprint density at radius 1 is 0.128 bits per heavy atom. The first-order chi connectivity index (χ1) is 65.5. The summed E-state index contributed by atoms with van der Waals surface area (Å²) in [7, 11) is 0. The predicted molar refractivity (Wildman–Crippen MR) is 566 cm³/mol. The lowest BCUT2D eigenvalue weighted by atomic mass is 9.86. The quantitative estimate of drug-likeness (QED) is 0.122. The maximum Gasteiger partial charge on any atom is 0.0619 e. The fourth-order valence-electron chi connectivity index (χ4n) is 21.5. The highest BCUT2D eigenvalue weighted by atomic mass is 15.0. The number of fused-ring (bicyclic) bond motifs is 18. The van der Waals surface area contributed by atoms with Gasteiger partial charge in [0.05, 0.1) is 55.3 Å². The first-order valence-electron chi connectivity index (χ1n) is 45.4. The van der Waals surface area contributed by atoms with Gasteiger partial charge in [0.1, 0.15) is 0 Å². The van der Waals surface area contributed by atoms with E-state index < -0.39 is 0 Å². The lowest BCUT2D eigenvalue weighted by Crippen LogP contribution is -1.99. The monoisotopic (exact) mass is 1690 g/mol. The predicted octanol–water partition coefficient (Wildman–Crippen LogP) is 34.4. The lowest BCUT2D eigenvalue weighted by Gasteiger charge is -2.19. The van der Waals surface area contributed by atoms with Crippen molar-refractivity contribution < 1.29 is 0 Å². The highest BCUT2D eigenvalue weighted by molar-refractivity contribution is 6.25. The fraction of sp³-hybridized carbons (Fsp3) is 0.00787. The van der Waals surface area contributed by atoms with Crippen LogP contribution in [0.25, 0.3) is 241 Å². The van der Waals surface area contributed by atoms with Crippen LogP contribution < -0.4 is 0 Å². The van der Waals surface area contributed by atoms with E-state index in [1.807, 2.05) is 0 Å². The van der Waals surface area contributed by atoms with E-state index in [1.165, 1.54) is 230 Å². The summed E-state index contributed by atoms with van der Waals surface area (Å²) in [5.74, 6) is 0. The molecule has 6 heterocycles. The van der Waals surface area contributed by atoms with Gasteiger partial charge in [-0.25, -0.2) is 0 Å². The Labute approximate surface area is 768 Å². The highest BCUT2D eigenvalue weighted by Gasteiger charge is 2.25. The molecular weight excluding hydrogens is 1610 g/mol. The van der Waals surface area contributed by atoms with Crippen molar-refractivity contribution in [3.63, 3.8) is 0 Å². The molecule has 0 aliphatic carbocycles. The van der Waals surface area contributed by atoms with E-state index in [9.17, 15) is 0 Å². The maximum atomic E-state index is 2.50. The Hall–Kier alpha value is -17.6. The summed E-state index contributed by atoms with van der Waals surface area (Å²) >= 11 is 0. The van der Waals surface area contributed by atoms with E-state index in [-0.39, 0.29) is 7.43 Å². The number of rotatable bonds is 10. The van der Waals surface area contributed by atoms with Crippen molar-refractivity contribution in [3.05, 3.63) is 498 Å². The largest absolute Gasteiger partial charge is 0.317 e. The molecule has 0 radical (unpaired) electrons. The molecule has 0 bridgehead atoms. The van der Waals surface area contributed by atoms with Crippen LogP contribution in [0, 0.1) is 0 Å². The van der Waals surface area contributed by atoms with Crippen molar-refractivity contribution in [2.75, 3.05) is 0 Å². The zero-order valence-electron chi connectivity index (χ0n) is 72.0. The normalized spacial score (nSPS) is 11.7. The van der Waals surface area contributed by atoms with Gasteiger partial charge in [-0.2, -0.15) is 0 Å². The topological polar surface area (TPSA) is 29.6 Å². The van der Waals surface area contributed by atoms with Crippen LogP contribution in [0.15, 0.2) is 498 Å². The standard InChI is InChI=1S/C46H30N2.2C40H26N2.CH4/c1-3-13-31(14-4-1)45-37-18-7-9-20-39(37)46(40-21-10-8-19-38(40)45)32-23-25-35(26-24-32)48-42-22-12-11-17-36(42)41-30-43-33(29-44(41)48)27-28-47(43)34-15-5-2-6-16-34;1-3-13-27(14-4-1)39-31-18-7-9-20-33(31)40(34-21-10-8-19-32(34)39)42-36-22-12-11-17-30(36)35-26-37-28(25-38(35)42)23-24-41(37)29-15-5-2-6-16-29;1-2-14-31(15-3-1)41-22-21-29-25-39-36(26-38(29)41)35-19-8-9-20-37(35)42(39)32-16-10-13-30(24-32)40-33-17-6-4-11-27(33)23-28-12-5-7-18-34(28)40;/h1-30H;2*1-26H;1H4. The molecule has 0 saturated heterocycles. The van der Waals surface area contributed by atoms with Crippen LogP contribution in [-0.2, 0) is 0 Å². The van der Waals surface area contributed by atoms with Gasteiger partial charge in [0.2, 0.25) is 0 Å². The molecule has 6 aromatic heterocycles. The van der Waals surface area contributed by atoms with Gasteiger partial charge in [-0.05, 0) is 238 Å². The van der Waals surface area contributed by atoms with Crippen LogP contribution in [0.3, 0.4) is 0 Å². The molecule has 133 heavy (non-hydrogen) atoms. The molecule has 0 aliphatic heterocycles. The molecule has 0 fully saturated rings. The third-order valence-corrected chi connectivity index (χ3v) is 27.3. The van der Waals surface area contributed by atoms with Crippen LogP contribution in [0.1, 0.15) is 7.43 Å². The van der Waals surface area contributed by atoms with E-state index in [0.29, 0.717) is 0 Å². The number of hydrogen-bond acceptors (Lipinski definition) is 0. The smallest absolute Gasteiger partial charge is 0.0619 e. The van der Waals surface area contributed by atoms with E-state index >= 15 is 0 Å². The Morgan fingerprint density at radius 3 is 0.782 bits per heavy atom. The molecule has 0 unspecified atom stereocenters. The van der Waals surface area contributed by atoms with Crippen molar-refractivity contribution in [1.29, 1.82) is 0 Å². The Bertz CT molecular complexity index is 9270. The van der Waals surface area contributed by atoms with Gasteiger partial charge in [-0.1, -0.05) is 347 Å². The molecule has 0 saturated carbocycles. The third-order valence-electron chi connectivity index (χ3n) is 27.3. The minimum absolute atomic E-state index is 0. The minimum atomic E-state index is 0. The third kappa shape index (κ3) is 12.8. The number of para-hydroxylation sites is 6. The molecule has 0 aliphatic rings. The van der Waals surface area contributed by atoms with Crippen molar-refractivity contribution in [3.8, 4) is 78.6 Å². The van der Waals surface area contributed by atoms with E-state index in [1.54, 1.807) is 0 Å². The van der Waals surface area contributed by atoms with Gasteiger partial charge in [-0.3, -0.25) is 0 Å². The van der Waals surface area contributed by atoms with Crippen molar-refractivity contribution in [2.24, 2.45) is 0 Å². The average Bonchev–Trinajstić information content (AvgIpc) is 1.71. The van der Waals surface area contributed by atoms with Crippen LogP contribution in [0.2, 0.25) is 0 Å². The molecule has 0 spiro atoms. The fourth-order valence-corrected chi connectivity index (χ4v) is 21.5. The SMILES string of the molecule is C.c1ccc(-c2c3ccccc3c(-c3ccc(-n4c5ccccc5c5cc6c(ccn6-c6ccccc6)cc54)cc3)c3ccccc23)cc1.c1ccc(-c2c3ccccc3c(-n3c4ccccc4c4cc5c(ccn5-c5ccccc5)cc43)c3ccccc23)cc1.c1ccc(-n2ccc3cc4c(cc32)c2ccccc2n4-c2cccc(-c3c4ccccc4cc4ccccc34)c2)cc1. The first kappa shape index (κ1) is 77.7. The molecule has 0 N–H and O–H groups in total. The van der Waals surface area contributed by atoms with E-state index in [0.717, 1.165) is 11.4 Å². The Balaban J connectivity index is 0.000000107. The van der Waals surface area contributed by atoms with Crippen LogP contribution >= 0.6 is 0 Å². The second kappa shape index (κ2) is 32.0. The zero-order chi connectivity index (χ0) is 86.9. The van der Waals surface area contributed by atoms with Crippen LogP contribution in [0.5, 0.6) is 0 Å². The Morgan fingerprint density at radius 2 is 0.398 bits per heavy atom. The van der Waals surface area contributed by atoms with Crippen molar-refractivity contribution >= 4 is 163 Å². The summed E-state index contributed by atoms with van der Waals surface area (Å²) in [5.41, 5.74) is 28.1. The Kier molecular flexibility index (Phi) is 18.7. The summed E-state index contributed by atoms with van der Waals surface area (Å²) in [6.45, 7) is 0. The molecule has 0 atom stereocenters. The van der Waals surface area contributed by atoms with Crippen molar-refractivity contribution in [2.45, 2.75) is 7.43 Å². The molecule has 28 rings (SSSR count). The second-order valence-electron chi connectivity index (χ2n) is 34.6. The van der Waals surface area contributed by atoms with Gasteiger partial charge >= 0.3 is 0 Å². The summed E-state index contributed by atoms with van der Waals surface area (Å²) in [6, 6.07) is 174. The van der Waals surface area contributed by atoms with Gasteiger partial charge in [0.15, 0.2) is 0 Å². The van der Waals surface area contributed by atoms with Gasteiger partial charge in [0.25, 0.3) is 0 Å². The summed E-state index contributed by atoms with van der Waals surface area (Å²) in [5, 5.41) is 26.4. The molecule has 0 amide bonds. The molecular formula is C127H86N6. The molecule has 6 nitrogen and oxygen atoms in total. The lowest BCUT2D eigenvalue weighted by molar-refractivity contribution is 1.13. The summed E-state index contributed by atoms with van der Waals surface area (Å²) in [6.07, 6.45) is 6.54. The summed E-state index contributed by atoms with van der Waals surface area (Å²) < 4.78 is 14.2. The number of benzene rings is 22. The first-order valence-corrected chi connectivity index (χ1v) is 45.4. The molecule has 6 heteroatoms. The zero-order valence-corrected chi connectivity index (χ0v) is 72.0. The number of hydrogen-bond donors (Lipinski definition) is 0. The van der Waals surface area contributed by atoms with Crippen LogP contribution in [-0.4, -0.2) is 27.4 Å². The van der Waals surface area contributed by atoms with E-state index in [4.69, 9.17) is 0 Å². The average molecular weight is 1700 g/mol. The molecule has 624 valence electrons.